The Morgan fingerprint density at radius 1 is 1.05 bits per heavy atom. The van der Waals surface area contributed by atoms with Gasteiger partial charge in [0.2, 0.25) is 0 Å². The molecule has 3 rings (SSSR count). The molecule has 110 valence electrons. The van der Waals surface area contributed by atoms with Gasteiger partial charge >= 0.3 is 0 Å². The maximum atomic E-state index is 10.4. The summed E-state index contributed by atoms with van der Waals surface area (Å²) >= 11 is 1.54. The van der Waals surface area contributed by atoms with Crippen LogP contribution >= 0.6 is 11.8 Å². The van der Waals surface area contributed by atoms with Crippen LogP contribution in [0.5, 0.6) is 5.75 Å². The van der Waals surface area contributed by atoms with Gasteiger partial charge in [0.15, 0.2) is 6.23 Å². The van der Waals surface area contributed by atoms with Gasteiger partial charge in [-0.2, -0.15) is 0 Å². The maximum Gasteiger partial charge on any atom is 0.152 e. The van der Waals surface area contributed by atoms with E-state index in [1.807, 2.05) is 48.5 Å². The van der Waals surface area contributed by atoms with Crippen LogP contribution < -0.4 is 10.1 Å². The van der Waals surface area contributed by atoms with Crippen molar-refractivity contribution in [3.63, 3.8) is 0 Å². The van der Waals surface area contributed by atoms with Crippen molar-refractivity contribution in [3.05, 3.63) is 54.1 Å². The Morgan fingerprint density at radius 2 is 1.76 bits per heavy atom. The van der Waals surface area contributed by atoms with Crippen molar-refractivity contribution in [2.75, 3.05) is 12.4 Å². The molecule has 0 spiro atoms. The van der Waals surface area contributed by atoms with E-state index in [1.165, 1.54) is 0 Å². The number of hydrogen-bond donors (Lipinski definition) is 3. The van der Waals surface area contributed by atoms with Crippen molar-refractivity contribution in [2.24, 2.45) is 0 Å². The highest BCUT2D eigenvalue weighted by atomic mass is 32.2. The molecule has 0 bridgehead atoms. The van der Waals surface area contributed by atoms with Crippen LogP contribution in [-0.4, -0.2) is 29.7 Å². The summed E-state index contributed by atoms with van der Waals surface area (Å²) in [6, 6.07) is 15.3. The summed E-state index contributed by atoms with van der Waals surface area (Å²) in [5.41, 5.74) is 1.79. The predicted octanol–water partition coefficient (Wildman–Crippen LogP) is 2.63. The normalized spacial score (nSPS) is 24.6. The van der Waals surface area contributed by atoms with E-state index in [4.69, 9.17) is 4.74 Å². The van der Waals surface area contributed by atoms with Gasteiger partial charge in [0.25, 0.3) is 0 Å². The number of thioether (sulfide) groups is 1. The van der Waals surface area contributed by atoms with Gasteiger partial charge in [0, 0.05) is 10.6 Å². The first kappa shape index (κ1) is 14.3. The van der Waals surface area contributed by atoms with Gasteiger partial charge in [0.05, 0.1) is 12.4 Å². The molecule has 0 fully saturated rings. The summed E-state index contributed by atoms with van der Waals surface area (Å²) in [6.45, 7) is 0. The third-order valence-electron chi connectivity index (χ3n) is 3.52. The largest absolute Gasteiger partial charge is 0.497 e. The Balaban J connectivity index is 1.96. The van der Waals surface area contributed by atoms with Crippen LogP contribution in [0.25, 0.3) is 0 Å². The number of anilines is 1. The molecule has 0 radical (unpaired) electrons. The van der Waals surface area contributed by atoms with E-state index in [0.29, 0.717) is 0 Å². The Labute approximate surface area is 127 Å². The first-order valence-corrected chi connectivity index (χ1v) is 7.59. The number of ether oxygens (including phenoxy) is 1. The van der Waals surface area contributed by atoms with Crippen LogP contribution in [0.1, 0.15) is 10.8 Å². The Morgan fingerprint density at radius 3 is 2.48 bits per heavy atom. The lowest BCUT2D eigenvalue weighted by Crippen LogP contribution is -2.35. The fourth-order valence-corrected chi connectivity index (χ4v) is 3.63. The molecule has 3 N–H and O–H groups in total. The topological polar surface area (TPSA) is 61.7 Å². The SMILES string of the molecule is COc1ccc([C@@H]2Sc3ccccc3NC(O)[C@H]2O)cc1. The van der Waals surface area contributed by atoms with Crippen LogP contribution in [0.15, 0.2) is 53.4 Å². The zero-order valence-corrected chi connectivity index (χ0v) is 12.4. The molecule has 5 heteroatoms. The molecular formula is C16H17NO3S. The van der Waals surface area contributed by atoms with Crippen molar-refractivity contribution in [1.82, 2.24) is 0 Å². The van der Waals surface area contributed by atoms with Gasteiger partial charge in [-0.15, -0.1) is 11.8 Å². The number of fused-ring (bicyclic) bond motifs is 1. The predicted molar refractivity (Wildman–Crippen MR) is 83.7 cm³/mol. The van der Waals surface area contributed by atoms with Gasteiger partial charge in [-0.3, -0.25) is 0 Å². The number of rotatable bonds is 2. The quantitative estimate of drug-likeness (QED) is 0.796. The Hall–Kier alpha value is -1.69. The van der Waals surface area contributed by atoms with Crippen molar-refractivity contribution in [3.8, 4) is 5.75 Å². The maximum absolute atomic E-state index is 10.4. The highest BCUT2D eigenvalue weighted by Crippen LogP contribution is 2.44. The van der Waals surface area contributed by atoms with E-state index in [1.54, 1.807) is 18.9 Å². The van der Waals surface area contributed by atoms with Gasteiger partial charge in [-0.05, 0) is 29.8 Å². The van der Waals surface area contributed by atoms with Crippen LogP contribution in [0.2, 0.25) is 0 Å². The lowest BCUT2D eigenvalue weighted by Gasteiger charge is -2.24. The number of benzene rings is 2. The van der Waals surface area contributed by atoms with E-state index >= 15 is 0 Å². The molecule has 0 saturated carbocycles. The van der Waals surface area contributed by atoms with Gasteiger partial charge in [-0.25, -0.2) is 0 Å². The Bertz CT molecular complexity index is 617. The average Bonchev–Trinajstić information content (AvgIpc) is 2.65. The third kappa shape index (κ3) is 2.85. The zero-order valence-electron chi connectivity index (χ0n) is 11.6. The highest BCUT2D eigenvalue weighted by Gasteiger charge is 2.32. The van der Waals surface area contributed by atoms with Crippen molar-refractivity contribution in [2.45, 2.75) is 22.5 Å². The van der Waals surface area contributed by atoms with E-state index in [-0.39, 0.29) is 5.25 Å². The molecule has 0 saturated heterocycles. The summed E-state index contributed by atoms with van der Waals surface area (Å²) in [5, 5.41) is 23.2. The van der Waals surface area contributed by atoms with Crippen LogP contribution in [0.4, 0.5) is 5.69 Å². The molecule has 3 atom stereocenters. The fourth-order valence-electron chi connectivity index (χ4n) is 2.36. The fraction of sp³-hybridized carbons (Fsp3) is 0.250. The van der Waals surface area contributed by atoms with E-state index in [0.717, 1.165) is 21.9 Å². The van der Waals surface area contributed by atoms with Crippen LogP contribution in [-0.2, 0) is 0 Å². The van der Waals surface area contributed by atoms with Gasteiger partial charge in [-0.1, -0.05) is 24.3 Å². The van der Waals surface area contributed by atoms with Gasteiger partial charge in [0.1, 0.15) is 11.9 Å². The Kier molecular flexibility index (Phi) is 4.05. The molecule has 2 aromatic carbocycles. The second-order valence-corrected chi connectivity index (χ2v) is 6.07. The standard InChI is InChI=1S/C16H17NO3S/c1-20-11-8-6-10(7-9-11)15-14(18)16(19)17-12-4-2-3-5-13(12)21-15/h2-9,14-19H,1H3/t14-,15-,16?/m0/s1. The molecule has 1 heterocycles. The number of hydrogen-bond acceptors (Lipinski definition) is 5. The first-order chi connectivity index (χ1) is 10.2. The minimum Gasteiger partial charge on any atom is -0.497 e. The molecule has 0 amide bonds. The average molecular weight is 303 g/mol. The lowest BCUT2D eigenvalue weighted by atomic mass is 10.1. The summed E-state index contributed by atoms with van der Waals surface area (Å²) < 4.78 is 5.15. The zero-order chi connectivity index (χ0) is 14.8. The smallest absolute Gasteiger partial charge is 0.152 e. The third-order valence-corrected chi connectivity index (χ3v) is 4.94. The van der Waals surface area contributed by atoms with E-state index < -0.39 is 12.3 Å². The number of aliphatic hydroxyl groups excluding tert-OH is 2. The highest BCUT2D eigenvalue weighted by molar-refractivity contribution is 7.99. The van der Waals surface area contributed by atoms with Crippen molar-refractivity contribution >= 4 is 17.4 Å². The molecule has 0 aromatic heterocycles. The van der Waals surface area contributed by atoms with Gasteiger partial charge < -0.3 is 20.3 Å². The molecule has 2 aromatic rings. The van der Waals surface area contributed by atoms with E-state index in [2.05, 4.69) is 5.32 Å². The van der Waals surface area contributed by atoms with Crippen LogP contribution in [0.3, 0.4) is 0 Å². The molecule has 21 heavy (non-hydrogen) atoms. The summed E-state index contributed by atoms with van der Waals surface area (Å²) in [6.07, 6.45) is -1.91. The number of para-hydroxylation sites is 1. The summed E-state index contributed by atoms with van der Waals surface area (Å²) in [7, 11) is 1.62. The summed E-state index contributed by atoms with van der Waals surface area (Å²) in [4.78, 5) is 1.01. The number of methoxy groups -OCH3 is 1. The van der Waals surface area contributed by atoms with E-state index in [9.17, 15) is 10.2 Å². The monoisotopic (exact) mass is 303 g/mol. The molecule has 0 aliphatic carbocycles. The molecule has 1 unspecified atom stereocenters. The second-order valence-electron chi connectivity index (χ2n) is 4.89. The summed E-state index contributed by atoms with van der Waals surface area (Å²) in [5.74, 6) is 0.769. The molecule has 1 aliphatic heterocycles. The molecular weight excluding hydrogens is 286 g/mol. The number of aliphatic hydroxyl groups is 2. The van der Waals surface area contributed by atoms with Crippen molar-refractivity contribution in [1.29, 1.82) is 0 Å². The second kappa shape index (κ2) is 5.97. The van der Waals surface area contributed by atoms with Crippen molar-refractivity contribution < 1.29 is 14.9 Å². The molecule has 1 aliphatic rings. The van der Waals surface area contributed by atoms with Crippen LogP contribution in [0, 0.1) is 0 Å². The minimum atomic E-state index is -1.01. The lowest BCUT2D eigenvalue weighted by molar-refractivity contribution is 0.0363. The first-order valence-electron chi connectivity index (χ1n) is 6.71. The number of nitrogens with one attached hydrogen (secondary N) is 1. The molecule has 4 nitrogen and oxygen atoms in total. The minimum absolute atomic E-state index is 0.248.